The molecule has 0 aliphatic heterocycles. The van der Waals surface area contributed by atoms with Crippen LogP contribution >= 0.6 is 0 Å². The van der Waals surface area contributed by atoms with E-state index in [1.807, 2.05) is 6.08 Å². The lowest BCUT2D eigenvalue weighted by Gasteiger charge is -2.15. The summed E-state index contributed by atoms with van der Waals surface area (Å²) in [5.74, 6) is -2.43. The van der Waals surface area contributed by atoms with Crippen molar-refractivity contribution in [3.05, 3.63) is 24.3 Å². The third kappa shape index (κ3) is 26.9. The minimum Gasteiger partial charge on any atom is -0.480 e. The van der Waals surface area contributed by atoms with Crippen molar-refractivity contribution in [1.82, 2.24) is 10.6 Å². The first kappa shape index (κ1) is 41.3. The normalized spacial score (nSPS) is 12.8. The van der Waals surface area contributed by atoms with Gasteiger partial charge in [0.05, 0.1) is 13.2 Å². The Hall–Kier alpha value is -2.68. The number of carbonyl (C=O) groups is 4. The Kier molecular flexibility index (Phi) is 28.5. The van der Waals surface area contributed by atoms with Crippen LogP contribution in [0.15, 0.2) is 24.3 Å². The third-order valence-electron chi connectivity index (χ3n) is 7.42. The number of hydrogen-bond acceptors (Lipinski definition) is 6. The fourth-order valence-corrected chi connectivity index (χ4v) is 4.73. The monoisotopic (exact) mass is 622 g/mol. The maximum absolute atomic E-state index is 12.5. The maximum atomic E-state index is 12.5. The molecule has 44 heavy (non-hydrogen) atoms. The number of rotatable bonds is 30. The minimum absolute atomic E-state index is 0.133. The summed E-state index contributed by atoms with van der Waals surface area (Å²) in [6.45, 7) is 3.33. The molecule has 2 atom stereocenters. The first-order valence-electron chi connectivity index (χ1n) is 17.2. The predicted molar refractivity (Wildman–Crippen MR) is 176 cm³/mol. The van der Waals surface area contributed by atoms with E-state index in [0.29, 0.717) is 12.8 Å². The number of aliphatic hydroxyl groups is 1. The van der Waals surface area contributed by atoms with E-state index in [1.165, 1.54) is 57.8 Å². The molecule has 254 valence electrons. The molecule has 9 nitrogen and oxygen atoms in total. The molecule has 0 aromatic rings. The van der Waals surface area contributed by atoms with E-state index >= 15 is 0 Å². The van der Waals surface area contributed by atoms with Crippen LogP contribution in [0.1, 0.15) is 149 Å². The topological polar surface area (TPSA) is 142 Å². The van der Waals surface area contributed by atoms with Crippen molar-refractivity contribution in [3.63, 3.8) is 0 Å². The third-order valence-corrected chi connectivity index (χ3v) is 7.42. The second-order valence-corrected chi connectivity index (χ2v) is 11.6. The van der Waals surface area contributed by atoms with E-state index in [2.05, 4.69) is 42.7 Å². The molecule has 0 bridgehead atoms. The molecule has 0 spiro atoms. The Morgan fingerprint density at radius 1 is 0.705 bits per heavy atom. The zero-order valence-electron chi connectivity index (χ0n) is 27.7. The summed E-state index contributed by atoms with van der Waals surface area (Å²) in [6, 6.07) is -1.39. The van der Waals surface area contributed by atoms with Crippen LogP contribution in [0.25, 0.3) is 0 Å². The molecule has 4 N–H and O–H groups in total. The summed E-state index contributed by atoms with van der Waals surface area (Å²) in [5.41, 5.74) is 0. The van der Waals surface area contributed by atoms with Crippen LogP contribution in [0.4, 0.5) is 0 Å². The van der Waals surface area contributed by atoms with Gasteiger partial charge in [-0.2, -0.15) is 0 Å². The molecule has 0 saturated heterocycles. The van der Waals surface area contributed by atoms with E-state index in [9.17, 15) is 19.2 Å². The number of aliphatic hydroxyl groups excluding tert-OH is 1. The molecule has 9 heteroatoms. The first-order valence-corrected chi connectivity index (χ1v) is 17.2. The number of hydrogen-bond donors (Lipinski definition) is 4. The Morgan fingerprint density at radius 3 is 1.89 bits per heavy atom. The summed E-state index contributed by atoms with van der Waals surface area (Å²) in [7, 11) is 0. The van der Waals surface area contributed by atoms with Crippen molar-refractivity contribution in [2.45, 2.75) is 161 Å². The summed E-state index contributed by atoms with van der Waals surface area (Å²) in [5, 5.41) is 22.4. The highest BCUT2D eigenvalue weighted by Crippen LogP contribution is 2.15. The van der Waals surface area contributed by atoms with Gasteiger partial charge in [-0.15, -0.1) is 0 Å². The molecule has 0 aliphatic carbocycles. The number of nitrogens with one attached hydrogen (secondary N) is 2. The van der Waals surface area contributed by atoms with Gasteiger partial charge in [0.2, 0.25) is 11.8 Å². The van der Waals surface area contributed by atoms with Crippen LogP contribution in [-0.2, 0) is 23.9 Å². The molecular formula is C35H62N2O7. The van der Waals surface area contributed by atoms with Crippen LogP contribution in [-0.4, -0.2) is 59.3 Å². The lowest BCUT2D eigenvalue weighted by atomic mass is 10.1. The van der Waals surface area contributed by atoms with E-state index in [4.69, 9.17) is 14.9 Å². The Bertz CT molecular complexity index is 813. The van der Waals surface area contributed by atoms with Gasteiger partial charge in [-0.05, 0) is 44.6 Å². The summed E-state index contributed by atoms with van der Waals surface area (Å²) >= 11 is 0. The second kappa shape index (κ2) is 30.4. The van der Waals surface area contributed by atoms with Gasteiger partial charge in [-0.1, -0.05) is 116 Å². The van der Waals surface area contributed by atoms with E-state index < -0.39 is 24.5 Å². The summed E-state index contributed by atoms with van der Waals surface area (Å²) in [4.78, 5) is 47.1. The highest BCUT2D eigenvalue weighted by atomic mass is 16.5. The van der Waals surface area contributed by atoms with Gasteiger partial charge in [0, 0.05) is 12.8 Å². The molecule has 0 saturated carbocycles. The average Bonchev–Trinajstić information content (AvgIpc) is 3.00. The molecule has 0 aromatic carbocycles. The number of esters is 1. The lowest BCUT2D eigenvalue weighted by molar-refractivity contribution is -0.147. The highest BCUT2D eigenvalue weighted by Gasteiger charge is 2.18. The molecule has 2 amide bonds. The van der Waals surface area contributed by atoms with Gasteiger partial charge in [-0.25, -0.2) is 4.79 Å². The standard InChI is InChI=1S/C35H62N2O7/c1-3-5-7-9-11-12-13-14-15-17-23-27-34(41)44-30(24-20-16-10-8-6-4-2)25-21-18-19-22-26-32(39)36-28-33(40)37-31(29-38)35(42)43/h8,10,20,24,30-31,38H,3-7,9,11-19,21-23,25-29H2,1-2H3,(H,36,39)(H,37,40)(H,42,43)/b10-8-,24-20-. The fourth-order valence-electron chi connectivity index (χ4n) is 4.73. The van der Waals surface area contributed by atoms with E-state index in [1.54, 1.807) is 0 Å². The molecule has 0 fully saturated rings. The number of carboxylic acids is 1. The Labute approximate surface area is 266 Å². The van der Waals surface area contributed by atoms with Crippen molar-refractivity contribution in [1.29, 1.82) is 0 Å². The summed E-state index contributed by atoms with van der Waals surface area (Å²) < 4.78 is 5.82. The van der Waals surface area contributed by atoms with Crippen LogP contribution in [0.2, 0.25) is 0 Å². The number of unbranched alkanes of at least 4 members (excludes halogenated alkanes) is 14. The Balaban J connectivity index is 4.26. The van der Waals surface area contributed by atoms with Crippen LogP contribution in [0.5, 0.6) is 0 Å². The van der Waals surface area contributed by atoms with E-state index in [-0.39, 0.29) is 30.9 Å². The van der Waals surface area contributed by atoms with Crippen molar-refractivity contribution in [2.24, 2.45) is 0 Å². The summed E-state index contributed by atoms with van der Waals surface area (Å²) in [6.07, 6.45) is 29.5. The number of ether oxygens (including phenoxy) is 1. The molecular weight excluding hydrogens is 560 g/mol. The van der Waals surface area contributed by atoms with Gasteiger partial charge in [0.15, 0.2) is 0 Å². The van der Waals surface area contributed by atoms with Gasteiger partial charge < -0.3 is 25.6 Å². The largest absolute Gasteiger partial charge is 0.480 e. The number of amides is 2. The van der Waals surface area contributed by atoms with Gasteiger partial charge in [0.1, 0.15) is 12.1 Å². The van der Waals surface area contributed by atoms with Gasteiger partial charge in [0.25, 0.3) is 0 Å². The number of allylic oxidation sites excluding steroid dienone is 3. The molecule has 0 rings (SSSR count). The van der Waals surface area contributed by atoms with Crippen LogP contribution < -0.4 is 10.6 Å². The molecule has 0 aliphatic rings. The SMILES string of the molecule is CCC/C=C\C/C=C\C(CCCCCCC(=O)NCC(=O)NC(CO)C(=O)O)OC(=O)CCCCCCCCCCCCC. The number of carbonyl (C=O) groups excluding carboxylic acids is 3. The molecule has 2 unspecified atom stereocenters. The minimum atomic E-state index is -1.39. The van der Waals surface area contributed by atoms with Crippen LogP contribution in [0.3, 0.4) is 0 Å². The van der Waals surface area contributed by atoms with Crippen molar-refractivity contribution in [3.8, 4) is 0 Å². The molecule has 0 aromatic heterocycles. The molecule has 0 heterocycles. The number of aliphatic carboxylic acids is 1. The van der Waals surface area contributed by atoms with Crippen molar-refractivity contribution in [2.75, 3.05) is 13.2 Å². The van der Waals surface area contributed by atoms with E-state index in [0.717, 1.165) is 57.8 Å². The van der Waals surface area contributed by atoms with Crippen molar-refractivity contribution < 1.29 is 34.1 Å². The zero-order chi connectivity index (χ0) is 32.7. The van der Waals surface area contributed by atoms with Crippen molar-refractivity contribution >= 4 is 23.8 Å². The maximum Gasteiger partial charge on any atom is 0.328 e. The lowest BCUT2D eigenvalue weighted by Crippen LogP contribution is -2.47. The number of carboxylic acid groups (broad SMARTS) is 1. The first-order chi connectivity index (χ1) is 21.3. The zero-order valence-corrected chi connectivity index (χ0v) is 27.7. The average molecular weight is 623 g/mol. The van der Waals surface area contributed by atoms with Gasteiger partial charge >= 0.3 is 11.9 Å². The smallest absolute Gasteiger partial charge is 0.328 e. The van der Waals surface area contributed by atoms with Gasteiger partial charge in [-0.3, -0.25) is 14.4 Å². The molecule has 0 radical (unpaired) electrons. The second-order valence-electron chi connectivity index (χ2n) is 11.6. The van der Waals surface area contributed by atoms with Crippen LogP contribution in [0, 0.1) is 0 Å². The fraction of sp³-hybridized carbons (Fsp3) is 0.771. The highest BCUT2D eigenvalue weighted by molar-refractivity contribution is 5.87. The predicted octanol–water partition coefficient (Wildman–Crippen LogP) is 6.92. The Morgan fingerprint density at radius 2 is 1.30 bits per heavy atom. The quantitative estimate of drug-likeness (QED) is 0.0387.